The molecule has 2 nitrogen and oxygen atoms in total. The third-order valence-corrected chi connectivity index (χ3v) is 1.99. The van der Waals surface area contributed by atoms with Gasteiger partial charge in [0.15, 0.2) is 0 Å². The van der Waals surface area contributed by atoms with Gasteiger partial charge in [0.1, 0.15) is 5.58 Å². The molecule has 0 spiro atoms. The molecule has 0 bridgehead atoms. The topological polar surface area (TPSA) is 30.2 Å². The van der Waals surface area contributed by atoms with Crippen molar-refractivity contribution in [2.75, 3.05) is 0 Å². The largest absolute Gasteiger partial charge is 0.423 e. The Hall–Kier alpha value is -1.35. The monoisotopic (exact) mass is 173 g/mol. The quantitative estimate of drug-likeness (QED) is 0.431. The Morgan fingerprint density at radius 2 is 2.00 bits per heavy atom. The van der Waals surface area contributed by atoms with Crippen LogP contribution in [-0.2, 0) is 0 Å². The Kier molecular flexibility index (Phi) is 1.58. The fourth-order valence-corrected chi connectivity index (χ4v) is 1.27. The van der Waals surface area contributed by atoms with Crippen molar-refractivity contribution in [3.05, 3.63) is 40.8 Å². The van der Waals surface area contributed by atoms with E-state index < -0.39 is 0 Å². The van der Waals surface area contributed by atoms with E-state index in [9.17, 15) is 4.79 Å². The third kappa shape index (κ3) is 1.08. The third-order valence-electron chi connectivity index (χ3n) is 1.64. The summed E-state index contributed by atoms with van der Waals surface area (Å²) < 4.78 is 4.99. The van der Waals surface area contributed by atoms with Gasteiger partial charge in [0, 0.05) is 10.6 Å². The number of hydrogen-bond donors (Lipinski definition) is 0. The molecule has 2 rings (SSSR count). The minimum atomic E-state index is -0.342. The van der Waals surface area contributed by atoms with E-state index in [0.717, 1.165) is 5.39 Å². The second kappa shape index (κ2) is 2.60. The van der Waals surface area contributed by atoms with Gasteiger partial charge in [0.05, 0.1) is 10.2 Å². The fourth-order valence-electron chi connectivity index (χ4n) is 1.06. The summed E-state index contributed by atoms with van der Waals surface area (Å²) in [6, 6.07) is 9.13. The highest BCUT2D eigenvalue weighted by molar-refractivity contribution is 6.32. The average Bonchev–Trinajstić information content (AvgIpc) is 2.07. The molecule has 2 aromatic rings. The first-order chi connectivity index (χ1) is 5.77. The first-order valence-electron chi connectivity index (χ1n) is 3.52. The van der Waals surface area contributed by atoms with Gasteiger partial charge in [0.2, 0.25) is 0 Å². The van der Waals surface area contributed by atoms with Crippen LogP contribution in [0.4, 0.5) is 0 Å². The van der Waals surface area contributed by atoms with Crippen LogP contribution in [0.1, 0.15) is 0 Å². The van der Waals surface area contributed by atoms with Crippen molar-refractivity contribution < 1.29 is 4.42 Å². The van der Waals surface area contributed by atoms with Gasteiger partial charge in [0.25, 0.3) is 0 Å². The van der Waals surface area contributed by atoms with Crippen LogP contribution in [0.5, 0.6) is 0 Å². The number of hydrogen-bond acceptors (Lipinski definition) is 2. The molecule has 0 atom stereocenters. The van der Waals surface area contributed by atoms with Crippen LogP contribution in [0.3, 0.4) is 0 Å². The minimum absolute atomic E-state index is 0.342. The zero-order valence-corrected chi connectivity index (χ0v) is 7.20. The molecule has 3 radical (unpaired) electrons. The van der Waals surface area contributed by atoms with Crippen LogP contribution in [-0.4, -0.2) is 10.2 Å². The predicted molar refractivity (Wildman–Crippen MR) is 47.9 cm³/mol. The van der Waals surface area contributed by atoms with Gasteiger partial charge in [-0.15, -0.1) is 0 Å². The molecule has 57 valence electrons. The molecular formula is C9H5O2Si. The summed E-state index contributed by atoms with van der Waals surface area (Å²) in [5, 5.41) is 1.37. The number of para-hydroxylation sites is 1. The number of benzene rings is 1. The standard InChI is InChI=1S/C9H5O2Si/c10-9-8(12)5-6-3-1-2-4-7(6)11-9/h1-5H. The first-order valence-corrected chi connectivity index (χ1v) is 4.02. The SMILES string of the molecule is O=c1oc2ccccc2cc1[Si]. The van der Waals surface area contributed by atoms with Crippen LogP contribution in [0.15, 0.2) is 39.5 Å². The van der Waals surface area contributed by atoms with Crippen molar-refractivity contribution in [1.82, 2.24) is 0 Å². The first kappa shape index (κ1) is 7.30. The predicted octanol–water partition coefficient (Wildman–Crippen LogP) is 0.587. The lowest BCUT2D eigenvalue weighted by Gasteiger charge is -1.95. The van der Waals surface area contributed by atoms with E-state index in [1.165, 1.54) is 0 Å². The van der Waals surface area contributed by atoms with Gasteiger partial charge in [-0.05, 0) is 12.1 Å². The van der Waals surface area contributed by atoms with Crippen LogP contribution < -0.4 is 10.8 Å². The molecule has 0 unspecified atom stereocenters. The fraction of sp³-hybridized carbons (Fsp3) is 0. The molecule has 0 N–H and O–H groups in total. The Labute approximate surface area is 72.3 Å². The Morgan fingerprint density at radius 3 is 2.83 bits per heavy atom. The summed E-state index contributed by atoms with van der Waals surface area (Å²) in [5.74, 6) is 0. The lowest BCUT2D eigenvalue weighted by Crippen LogP contribution is -2.22. The van der Waals surface area contributed by atoms with E-state index in [1.807, 2.05) is 18.2 Å². The molecule has 0 saturated carbocycles. The van der Waals surface area contributed by atoms with E-state index >= 15 is 0 Å². The van der Waals surface area contributed by atoms with Crippen molar-refractivity contribution in [3.8, 4) is 0 Å². The number of fused-ring (bicyclic) bond motifs is 1. The summed E-state index contributed by atoms with van der Waals surface area (Å²) in [6.45, 7) is 0. The molecule has 3 heteroatoms. The van der Waals surface area contributed by atoms with Gasteiger partial charge in [-0.3, -0.25) is 0 Å². The molecule has 0 saturated heterocycles. The average molecular weight is 173 g/mol. The van der Waals surface area contributed by atoms with Gasteiger partial charge in [-0.1, -0.05) is 18.2 Å². The molecule has 0 fully saturated rings. The van der Waals surface area contributed by atoms with Gasteiger partial charge in [-0.2, -0.15) is 0 Å². The van der Waals surface area contributed by atoms with E-state index in [2.05, 4.69) is 10.2 Å². The Bertz CT molecular complexity index is 473. The Morgan fingerprint density at radius 1 is 1.25 bits per heavy atom. The summed E-state index contributed by atoms with van der Waals surface area (Å²) in [4.78, 5) is 11.0. The van der Waals surface area contributed by atoms with Crippen LogP contribution in [0.25, 0.3) is 11.0 Å². The van der Waals surface area contributed by atoms with E-state index in [4.69, 9.17) is 4.42 Å². The second-order valence-corrected chi connectivity index (χ2v) is 3.02. The van der Waals surface area contributed by atoms with E-state index in [1.54, 1.807) is 12.1 Å². The lowest BCUT2D eigenvalue weighted by atomic mass is 10.2. The van der Waals surface area contributed by atoms with E-state index in [-0.39, 0.29) is 5.63 Å². The van der Waals surface area contributed by atoms with Crippen molar-refractivity contribution >= 4 is 26.4 Å². The van der Waals surface area contributed by atoms with Crippen molar-refractivity contribution in [1.29, 1.82) is 0 Å². The molecule has 0 amide bonds. The zero-order valence-electron chi connectivity index (χ0n) is 6.20. The van der Waals surface area contributed by atoms with E-state index in [0.29, 0.717) is 10.8 Å². The van der Waals surface area contributed by atoms with Gasteiger partial charge in [-0.25, -0.2) is 4.79 Å². The van der Waals surface area contributed by atoms with Gasteiger partial charge < -0.3 is 4.42 Å². The number of rotatable bonds is 0. The molecule has 0 aliphatic rings. The van der Waals surface area contributed by atoms with Crippen LogP contribution >= 0.6 is 0 Å². The lowest BCUT2D eigenvalue weighted by molar-refractivity contribution is 0.566. The zero-order chi connectivity index (χ0) is 8.55. The highest BCUT2D eigenvalue weighted by Gasteiger charge is 1.98. The molecule has 0 aliphatic carbocycles. The summed E-state index contributed by atoms with van der Waals surface area (Å²) in [6.07, 6.45) is 0. The molecule has 1 aromatic heterocycles. The Balaban J connectivity index is 2.93. The maximum atomic E-state index is 11.0. The minimum Gasteiger partial charge on any atom is -0.423 e. The molecule has 1 heterocycles. The summed E-state index contributed by atoms with van der Waals surface area (Å²) in [5.41, 5.74) is 0.273. The molecular weight excluding hydrogens is 168 g/mol. The van der Waals surface area contributed by atoms with Crippen LogP contribution in [0.2, 0.25) is 0 Å². The van der Waals surface area contributed by atoms with Crippen molar-refractivity contribution in [2.45, 2.75) is 0 Å². The van der Waals surface area contributed by atoms with Gasteiger partial charge >= 0.3 is 5.63 Å². The highest BCUT2D eigenvalue weighted by atomic mass is 28.1. The second-order valence-electron chi connectivity index (χ2n) is 2.49. The molecule has 0 aliphatic heterocycles. The maximum Gasteiger partial charge on any atom is 0.334 e. The van der Waals surface area contributed by atoms with Crippen molar-refractivity contribution in [3.63, 3.8) is 0 Å². The summed E-state index contributed by atoms with van der Waals surface area (Å²) >= 11 is 0. The molecule has 1 aromatic carbocycles. The smallest absolute Gasteiger partial charge is 0.334 e. The molecule has 12 heavy (non-hydrogen) atoms. The normalized spacial score (nSPS) is 10.4. The maximum absolute atomic E-state index is 11.0. The highest BCUT2D eigenvalue weighted by Crippen LogP contribution is 2.08. The summed E-state index contributed by atoms with van der Waals surface area (Å²) in [7, 11) is 3.16. The van der Waals surface area contributed by atoms with Crippen LogP contribution in [0, 0.1) is 0 Å². The van der Waals surface area contributed by atoms with Crippen molar-refractivity contribution in [2.24, 2.45) is 0 Å².